The monoisotopic (exact) mass is 396 g/mol. The molecule has 0 aromatic heterocycles. The average molecular weight is 396 g/mol. The molecule has 0 unspecified atom stereocenters. The minimum absolute atomic E-state index is 0.343. The Morgan fingerprint density at radius 3 is 2.03 bits per heavy atom. The van der Waals surface area contributed by atoms with Gasteiger partial charge in [-0.15, -0.1) is 0 Å². The zero-order chi connectivity index (χ0) is 20.4. The van der Waals surface area contributed by atoms with E-state index in [9.17, 15) is 13.2 Å². The van der Waals surface area contributed by atoms with Gasteiger partial charge in [0.05, 0.1) is 0 Å². The molecule has 29 heavy (non-hydrogen) atoms. The summed E-state index contributed by atoms with van der Waals surface area (Å²) in [6, 6.07) is 14.2. The van der Waals surface area contributed by atoms with E-state index >= 15 is 0 Å². The summed E-state index contributed by atoms with van der Waals surface area (Å²) in [6.07, 6.45) is 9.14. The van der Waals surface area contributed by atoms with Crippen LogP contribution in [0.4, 0.5) is 13.2 Å². The molecule has 1 fully saturated rings. The fourth-order valence-electron chi connectivity index (χ4n) is 4.65. The summed E-state index contributed by atoms with van der Waals surface area (Å²) < 4.78 is 40.3. The van der Waals surface area contributed by atoms with Crippen LogP contribution in [-0.2, 0) is 6.42 Å². The second-order valence-corrected chi connectivity index (χ2v) is 8.48. The van der Waals surface area contributed by atoms with E-state index in [1.54, 1.807) is 0 Å². The Labute approximate surface area is 170 Å². The number of rotatable bonds is 5. The van der Waals surface area contributed by atoms with Crippen molar-refractivity contribution in [2.75, 3.05) is 0 Å². The van der Waals surface area contributed by atoms with Crippen molar-refractivity contribution in [2.45, 2.75) is 51.9 Å². The Balaban J connectivity index is 1.47. The lowest BCUT2D eigenvalue weighted by atomic mass is 9.78. The third-order valence-electron chi connectivity index (χ3n) is 6.61. The van der Waals surface area contributed by atoms with E-state index in [4.69, 9.17) is 0 Å². The molecule has 0 atom stereocenters. The van der Waals surface area contributed by atoms with Crippen LogP contribution in [0.3, 0.4) is 0 Å². The fraction of sp³-hybridized carbons (Fsp3) is 0.385. The van der Waals surface area contributed by atoms with E-state index in [-0.39, 0.29) is 0 Å². The largest absolute Gasteiger partial charge is 0.204 e. The van der Waals surface area contributed by atoms with Crippen molar-refractivity contribution in [3.8, 4) is 11.1 Å². The van der Waals surface area contributed by atoms with Crippen molar-refractivity contribution in [2.24, 2.45) is 11.8 Å². The number of hydrogen-bond donors (Lipinski definition) is 0. The van der Waals surface area contributed by atoms with Gasteiger partial charge < -0.3 is 0 Å². The van der Waals surface area contributed by atoms with Crippen LogP contribution in [0.25, 0.3) is 21.9 Å². The van der Waals surface area contributed by atoms with Crippen LogP contribution in [0.15, 0.2) is 48.5 Å². The topological polar surface area (TPSA) is 0 Å². The molecule has 1 saturated carbocycles. The Morgan fingerprint density at radius 1 is 0.724 bits per heavy atom. The summed E-state index contributed by atoms with van der Waals surface area (Å²) in [5.74, 6) is -1.97. The van der Waals surface area contributed by atoms with Gasteiger partial charge in [0.1, 0.15) is 0 Å². The molecule has 1 aliphatic carbocycles. The van der Waals surface area contributed by atoms with Gasteiger partial charge in [-0.3, -0.25) is 0 Å². The Hall–Kier alpha value is -2.29. The molecule has 3 aromatic rings. The van der Waals surface area contributed by atoms with Gasteiger partial charge in [-0.05, 0) is 70.3 Å². The minimum atomic E-state index is -1.43. The third kappa shape index (κ3) is 4.49. The van der Waals surface area contributed by atoms with Gasteiger partial charge >= 0.3 is 0 Å². The van der Waals surface area contributed by atoms with Gasteiger partial charge in [0.2, 0.25) is 0 Å². The first-order chi connectivity index (χ1) is 14.0. The number of benzene rings is 3. The van der Waals surface area contributed by atoms with E-state index in [0.717, 1.165) is 41.2 Å². The number of fused-ring (bicyclic) bond motifs is 1. The first-order valence-electron chi connectivity index (χ1n) is 10.7. The maximum atomic E-state index is 13.6. The molecular formula is C26H27F3. The van der Waals surface area contributed by atoms with Crippen LogP contribution in [0.5, 0.6) is 0 Å². The molecule has 0 spiro atoms. The smallest absolute Gasteiger partial charge is 0.194 e. The lowest BCUT2D eigenvalue weighted by Gasteiger charge is -2.27. The molecule has 0 aliphatic heterocycles. The van der Waals surface area contributed by atoms with Crippen molar-refractivity contribution >= 4 is 10.8 Å². The summed E-state index contributed by atoms with van der Waals surface area (Å²) in [4.78, 5) is 0. The fourth-order valence-corrected chi connectivity index (χ4v) is 4.65. The van der Waals surface area contributed by atoms with Crippen molar-refractivity contribution in [1.29, 1.82) is 0 Å². The molecule has 0 radical (unpaired) electrons. The highest BCUT2D eigenvalue weighted by Crippen LogP contribution is 2.33. The highest BCUT2D eigenvalue weighted by molar-refractivity contribution is 5.87. The minimum Gasteiger partial charge on any atom is -0.204 e. The second-order valence-electron chi connectivity index (χ2n) is 8.48. The molecule has 0 heterocycles. The zero-order valence-corrected chi connectivity index (χ0v) is 16.9. The molecule has 4 rings (SSSR count). The Morgan fingerprint density at radius 2 is 1.34 bits per heavy atom. The molecule has 1 aliphatic rings. The molecule has 0 bridgehead atoms. The first kappa shape index (κ1) is 20.0. The van der Waals surface area contributed by atoms with Crippen LogP contribution < -0.4 is 0 Å². The lowest BCUT2D eigenvalue weighted by Crippen LogP contribution is -2.14. The Kier molecular flexibility index (Phi) is 5.94. The van der Waals surface area contributed by atoms with Gasteiger partial charge in [-0.1, -0.05) is 69.4 Å². The standard InChI is InChI=1S/C26H27F3/c1-2-17-3-5-18(6-4-17)7-8-19-9-10-21-14-22(12-11-20(21)13-19)23-15-24(27)26(29)25(28)16-23/h9-18H,2-8H2,1H3/t17-,18-. The quantitative estimate of drug-likeness (QED) is 0.382. The van der Waals surface area contributed by atoms with E-state index in [1.165, 1.54) is 44.1 Å². The molecule has 3 heteroatoms. The van der Waals surface area contributed by atoms with Gasteiger partial charge in [0, 0.05) is 0 Å². The van der Waals surface area contributed by atoms with E-state index in [2.05, 4.69) is 25.1 Å². The maximum absolute atomic E-state index is 13.6. The molecule has 0 saturated heterocycles. The van der Waals surface area contributed by atoms with Gasteiger partial charge in [0.25, 0.3) is 0 Å². The maximum Gasteiger partial charge on any atom is 0.194 e. The van der Waals surface area contributed by atoms with Crippen LogP contribution >= 0.6 is 0 Å². The van der Waals surface area contributed by atoms with Crippen molar-refractivity contribution in [3.63, 3.8) is 0 Å². The molecule has 0 N–H and O–H groups in total. The van der Waals surface area contributed by atoms with Gasteiger partial charge in [0.15, 0.2) is 17.5 Å². The molecule has 0 nitrogen and oxygen atoms in total. The summed E-state index contributed by atoms with van der Waals surface area (Å²) >= 11 is 0. The molecule has 152 valence electrons. The van der Waals surface area contributed by atoms with E-state index in [0.29, 0.717) is 11.1 Å². The summed E-state index contributed by atoms with van der Waals surface area (Å²) in [5, 5.41) is 2.13. The summed E-state index contributed by atoms with van der Waals surface area (Å²) in [7, 11) is 0. The summed E-state index contributed by atoms with van der Waals surface area (Å²) in [5.41, 5.74) is 2.35. The predicted octanol–water partition coefficient (Wildman–Crippen LogP) is 8.07. The summed E-state index contributed by atoms with van der Waals surface area (Å²) in [6.45, 7) is 2.30. The molecule has 3 aromatic carbocycles. The average Bonchev–Trinajstić information content (AvgIpc) is 2.75. The van der Waals surface area contributed by atoms with Gasteiger partial charge in [-0.2, -0.15) is 0 Å². The van der Waals surface area contributed by atoms with Crippen molar-refractivity contribution < 1.29 is 13.2 Å². The molecule has 0 amide bonds. The SMILES string of the molecule is CC[C@H]1CC[C@H](CCc2ccc3cc(-c4cc(F)c(F)c(F)c4)ccc3c2)CC1. The highest BCUT2D eigenvalue weighted by Gasteiger charge is 2.19. The number of aryl methyl sites for hydroxylation is 1. The molecular weight excluding hydrogens is 369 g/mol. The van der Waals surface area contributed by atoms with E-state index in [1.807, 2.05) is 18.2 Å². The first-order valence-corrected chi connectivity index (χ1v) is 10.7. The third-order valence-corrected chi connectivity index (χ3v) is 6.61. The number of hydrogen-bond acceptors (Lipinski definition) is 0. The van der Waals surface area contributed by atoms with Crippen LogP contribution in [-0.4, -0.2) is 0 Å². The van der Waals surface area contributed by atoms with Gasteiger partial charge in [-0.25, -0.2) is 13.2 Å². The highest BCUT2D eigenvalue weighted by atomic mass is 19.2. The van der Waals surface area contributed by atoms with Crippen molar-refractivity contribution in [3.05, 3.63) is 71.5 Å². The normalized spacial score (nSPS) is 19.6. The zero-order valence-electron chi connectivity index (χ0n) is 16.9. The second kappa shape index (κ2) is 8.61. The van der Waals surface area contributed by atoms with Crippen molar-refractivity contribution in [1.82, 2.24) is 0 Å². The predicted molar refractivity (Wildman–Crippen MR) is 113 cm³/mol. The van der Waals surface area contributed by atoms with Crippen LogP contribution in [0, 0.1) is 29.3 Å². The van der Waals surface area contributed by atoms with E-state index < -0.39 is 17.5 Å². The lowest BCUT2D eigenvalue weighted by molar-refractivity contribution is 0.259. The number of halogens is 3. The Bertz CT molecular complexity index is 977. The van der Waals surface area contributed by atoms with Crippen LogP contribution in [0.2, 0.25) is 0 Å². The van der Waals surface area contributed by atoms with Crippen LogP contribution in [0.1, 0.15) is 51.0 Å².